The smallest absolute Gasteiger partial charge is 0.0162 e. The van der Waals surface area contributed by atoms with Gasteiger partial charge < -0.3 is 24.5 Å². The minimum absolute atomic E-state index is 0.978. The number of hydrogen-bond donors (Lipinski definition) is 0. The van der Waals surface area contributed by atoms with Crippen LogP contribution in [0.1, 0.15) is 108 Å². The van der Waals surface area contributed by atoms with E-state index in [4.69, 9.17) is 0 Å². The molecular formula is C35H81N5. The third-order valence-electron chi connectivity index (χ3n) is 7.38. The summed E-state index contributed by atoms with van der Waals surface area (Å²) in [4.78, 5) is 11.9. The van der Waals surface area contributed by atoms with Gasteiger partial charge in [0.1, 0.15) is 0 Å². The van der Waals surface area contributed by atoms with Crippen LogP contribution in [-0.2, 0) is 0 Å². The van der Waals surface area contributed by atoms with Crippen LogP contribution in [0.3, 0.4) is 0 Å². The molecule has 0 N–H and O–H groups in total. The van der Waals surface area contributed by atoms with Gasteiger partial charge in [0, 0.05) is 39.3 Å². The van der Waals surface area contributed by atoms with Crippen molar-refractivity contribution in [1.82, 2.24) is 24.5 Å². The topological polar surface area (TPSA) is 16.2 Å². The van der Waals surface area contributed by atoms with Crippen molar-refractivity contribution in [2.45, 2.75) is 108 Å². The van der Waals surface area contributed by atoms with Crippen LogP contribution >= 0.6 is 0 Å². The Morgan fingerprint density at radius 1 is 0.450 bits per heavy atom. The largest absolute Gasteiger partial charge is 0.306 e. The van der Waals surface area contributed by atoms with Gasteiger partial charge in [-0.15, -0.1) is 0 Å². The molecule has 3 fully saturated rings. The molecule has 0 spiro atoms. The van der Waals surface area contributed by atoms with Crippen molar-refractivity contribution >= 4 is 0 Å². The van der Waals surface area contributed by atoms with Gasteiger partial charge in [-0.3, -0.25) is 0 Å². The second-order valence-corrected chi connectivity index (χ2v) is 11.1. The van der Waals surface area contributed by atoms with Crippen molar-refractivity contribution in [3.8, 4) is 0 Å². The Balaban J connectivity index is -0.000000199. The van der Waals surface area contributed by atoms with E-state index in [9.17, 15) is 0 Å². The summed E-state index contributed by atoms with van der Waals surface area (Å²) in [6, 6.07) is 0. The number of likely N-dealkylation sites (tertiary alicyclic amines) is 2. The highest BCUT2D eigenvalue weighted by Gasteiger charge is 2.11. The molecular weight excluding hydrogens is 490 g/mol. The van der Waals surface area contributed by atoms with Crippen LogP contribution in [0, 0.1) is 11.8 Å². The molecule has 0 atom stereocenters. The lowest BCUT2D eigenvalue weighted by Gasteiger charge is -2.28. The number of piperidine rings is 2. The van der Waals surface area contributed by atoms with Crippen molar-refractivity contribution in [1.29, 1.82) is 0 Å². The normalized spacial score (nSPS) is 20.9. The Bertz CT molecular complexity index is 395. The van der Waals surface area contributed by atoms with Gasteiger partial charge in [0.2, 0.25) is 0 Å². The predicted octanol–water partition coefficient (Wildman–Crippen LogP) is 7.93. The van der Waals surface area contributed by atoms with Crippen molar-refractivity contribution in [2.75, 3.05) is 101 Å². The molecule has 4 aliphatic rings. The van der Waals surface area contributed by atoms with E-state index in [1.807, 2.05) is 55.4 Å². The van der Waals surface area contributed by atoms with E-state index in [-0.39, 0.29) is 0 Å². The third-order valence-corrected chi connectivity index (χ3v) is 7.38. The van der Waals surface area contributed by atoms with Crippen LogP contribution in [0.15, 0.2) is 11.6 Å². The van der Waals surface area contributed by atoms with Crippen molar-refractivity contribution in [3.05, 3.63) is 11.6 Å². The zero-order valence-electron chi connectivity index (χ0n) is 31.1. The quantitative estimate of drug-likeness (QED) is 0.274. The Morgan fingerprint density at radius 3 is 0.925 bits per heavy atom. The molecule has 3 saturated heterocycles. The first-order valence-electron chi connectivity index (χ1n) is 17.2. The first-order chi connectivity index (χ1) is 19.2. The van der Waals surface area contributed by atoms with Gasteiger partial charge in [-0.05, 0) is 112 Å². The molecule has 5 nitrogen and oxygen atoms in total. The SMILES string of the molecule is CC.CC.CC.CC.CC1=CCN(C)CC1.CC1CCN(C)CC1.CC1CCN(C)CC1.CN1CCN(C)CC1. The molecule has 0 aromatic carbocycles. The summed E-state index contributed by atoms with van der Waals surface area (Å²) in [5.41, 5.74) is 1.54. The van der Waals surface area contributed by atoms with Gasteiger partial charge in [0.25, 0.3) is 0 Å². The second-order valence-electron chi connectivity index (χ2n) is 11.1. The van der Waals surface area contributed by atoms with Crippen LogP contribution in [-0.4, -0.2) is 125 Å². The molecule has 0 aromatic rings. The summed E-state index contributed by atoms with van der Waals surface area (Å²) in [5.74, 6) is 1.96. The Hall–Kier alpha value is -0.460. The fourth-order valence-corrected chi connectivity index (χ4v) is 4.05. The molecule has 246 valence electrons. The summed E-state index contributed by atoms with van der Waals surface area (Å²) in [6.45, 7) is 35.4. The predicted molar refractivity (Wildman–Crippen MR) is 188 cm³/mol. The second kappa shape index (κ2) is 34.7. The van der Waals surface area contributed by atoms with Crippen LogP contribution in [0.4, 0.5) is 0 Å². The summed E-state index contributed by atoms with van der Waals surface area (Å²) in [5, 5.41) is 0. The highest BCUT2D eigenvalue weighted by molar-refractivity contribution is 5.02. The zero-order chi connectivity index (χ0) is 31.9. The number of hydrogen-bond acceptors (Lipinski definition) is 5. The van der Waals surface area contributed by atoms with E-state index in [0.29, 0.717) is 0 Å². The lowest BCUT2D eigenvalue weighted by atomic mass is 10.00. The number of piperazine rings is 1. The lowest BCUT2D eigenvalue weighted by Crippen LogP contribution is -2.42. The van der Waals surface area contributed by atoms with Crippen LogP contribution < -0.4 is 0 Å². The van der Waals surface area contributed by atoms with Gasteiger partial charge in [-0.25, -0.2) is 0 Å². The maximum absolute atomic E-state index is 2.40. The minimum atomic E-state index is 0.978. The van der Waals surface area contributed by atoms with Crippen LogP contribution in [0.2, 0.25) is 0 Å². The Kier molecular flexibility index (Phi) is 40.4. The maximum Gasteiger partial charge on any atom is 0.0162 e. The van der Waals surface area contributed by atoms with Gasteiger partial charge in [-0.1, -0.05) is 80.9 Å². The third kappa shape index (κ3) is 32.1. The molecule has 4 aliphatic heterocycles. The highest BCUT2D eigenvalue weighted by atomic mass is 15.2. The first kappa shape index (κ1) is 46.5. The van der Waals surface area contributed by atoms with E-state index in [2.05, 4.69) is 86.6 Å². The minimum Gasteiger partial charge on any atom is -0.306 e. The van der Waals surface area contributed by atoms with Gasteiger partial charge in [-0.2, -0.15) is 0 Å². The molecule has 40 heavy (non-hydrogen) atoms. The van der Waals surface area contributed by atoms with Crippen molar-refractivity contribution in [2.24, 2.45) is 11.8 Å². The maximum atomic E-state index is 2.40. The lowest BCUT2D eigenvalue weighted by molar-refractivity contribution is 0.181. The molecule has 4 rings (SSSR count). The average Bonchev–Trinajstić information content (AvgIpc) is 3.00. The van der Waals surface area contributed by atoms with E-state index in [1.54, 1.807) is 5.57 Å². The van der Waals surface area contributed by atoms with Gasteiger partial charge in [0.15, 0.2) is 0 Å². The molecule has 0 unspecified atom stereocenters. The van der Waals surface area contributed by atoms with Crippen LogP contribution in [0.25, 0.3) is 0 Å². The Morgan fingerprint density at radius 2 is 0.725 bits per heavy atom. The molecule has 0 bridgehead atoms. The molecule has 0 aromatic heterocycles. The molecule has 4 heterocycles. The van der Waals surface area contributed by atoms with E-state index >= 15 is 0 Å². The van der Waals surface area contributed by atoms with E-state index < -0.39 is 0 Å². The Labute approximate surface area is 256 Å². The monoisotopic (exact) mass is 572 g/mol. The fraction of sp³-hybridized carbons (Fsp3) is 0.943. The van der Waals surface area contributed by atoms with Crippen LogP contribution in [0.5, 0.6) is 0 Å². The van der Waals surface area contributed by atoms with Gasteiger partial charge in [0.05, 0.1) is 0 Å². The summed E-state index contributed by atoms with van der Waals surface area (Å²) in [7, 11) is 10.9. The highest BCUT2D eigenvalue weighted by Crippen LogP contribution is 2.14. The molecule has 0 amide bonds. The average molecular weight is 572 g/mol. The van der Waals surface area contributed by atoms with Crippen molar-refractivity contribution < 1.29 is 0 Å². The molecule has 0 aliphatic carbocycles. The van der Waals surface area contributed by atoms with Gasteiger partial charge >= 0.3 is 0 Å². The molecule has 0 radical (unpaired) electrons. The fourth-order valence-electron chi connectivity index (χ4n) is 4.05. The van der Waals surface area contributed by atoms with E-state index in [1.165, 1.54) is 91.0 Å². The standard InChI is InChI=1S/2C7H15N.C7H13N.C6H14N2.4C2H6/c4*1-7-3-5-8(2)6-4-7;4*1-2/h2*7H,3-6H2,1-2H3;3H,4-6H2,1-2H3;3-6H2,1-2H3;4*1-2H3. The number of nitrogens with zero attached hydrogens (tertiary/aromatic N) is 5. The van der Waals surface area contributed by atoms with Crippen molar-refractivity contribution in [3.63, 3.8) is 0 Å². The molecule has 0 saturated carbocycles. The summed E-state index contributed by atoms with van der Waals surface area (Å²) >= 11 is 0. The zero-order valence-corrected chi connectivity index (χ0v) is 31.1. The molecule has 5 heteroatoms. The van der Waals surface area contributed by atoms with E-state index in [0.717, 1.165) is 18.4 Å². The summed E-state index contributed by atoms with van der Waals surface area (Å²) < 4.78 is 0. The number of rotatable bonds is 0. The summed E-state index contributed by atoms with van der Waals surface area (Å²) in [6.07, 6.45) is 9.15. The number of likely N-dealkylation sites (N-methyl/N-ethyl adjacent to an activating group) is 3. The first-order valence-corrected chi connectivity index (χ1v) is 17.2.